The van der Waals surface area contributed by atoms with Gasteiger partial charge < -0.3 is 0 Å². The van der Waals surface area contributed by atoms with Crippen LogP contribution in [0.25, 0.3) is 5.69 Å². The van der Waals surface area contributed by atoms with Gasteiger partial charge in [-0.3, -0.25) is 0 Å². The van der Waals surface area contributed by atoms with Crippen LogP contribution in [-0.4, -0.2) is 47.6 Å². The Morgan fingerprint density at radius 1 is 1.33 bits per heavy atom. The minimum atomic E-state index is -3.23. The molecule has 0 aliphatic heterocycles. The molecule has 0 fully saturated rings. The van der Waals surface area contributed by atoms with Crippen LogP contribution in [0.3, 0.4) is 0 Å². The summed E-state index contributed by atoms with van der Waals surface area (Å²) in [5, 5.41) is 8.71. The molecule has 0 unspecified atom stereocenters. The van der Waals surface area contributed by atoms with Crippen molar-refractivity contribution in [2.24, 2.45) is 0 Å². The first kappa shape index (κ1) is 15.9. The highest BCUT2D eigenvalue weighted by atomic mass is 35.5. The summed E-state index contributed by atoms with van der Waals surface area (Å²) in [4.78, 5) is 0. The zero-order chi connectivity index (χ0) is 15.6. The molecular formula is C13H17ClN4O2S. The summed E-state index contributed by atoms with van der Waals surface area (Å²) < 4.78 is 26.3. The third-order valence-electron chi connectivity index (χ3n) is 3.12. The lowest BCUT2D eigenvalue weighted by Gasteiger charge is -2.09. The fourth-order valence-electron chi connectivity index (χ4n) is 1.82. The van der Waals surface area contributed by atoms with Gasteiger partial charge in [0.15, 0.2) is 0 Å². The van der Waals surface area contributed by atoms with Crippen molar-refractivity contribution in [2.45, 2.75) is 13.3 Å². The molecule has 2 aromatic rings. The average Bonchev–Trinajstić information content (AvgIpc) is 2.85. The highest BCUT2D eigenvalue weighted by molar-refractivity contribution is 7.89. The second-order valence-electron chi connectivity index (χ2n) is 4.93. The Morgan fingerprint density at radius 3 is 2.67 bits per heavy atom. The zero-order valence-electron chi connectivity index (χ0n) is 12.1. The number of aromatic nitrogens is 3. The van der Waals surface area contributed by atoms with Crippen LogP contribution in [0.2, 0.25) is 5.02 Å². The van der Waals surface area contributed by atoms with Crippen LogP contribution in [0.5, 0.6) is 0 Å². The van der Waals surface area contributed by atoms with E-state index in [1.165, 1.54) is 18.4 Å². The highest BCUT2D eigenvalue weighted by Crippen LogP contribution is 2.18. The molecule has 114 valence electrons. The first-order valence-corrected chi connectivity index (χ1v) is 8.36. The second-order valence-corrected chi connectivity index (χ2v) is 7.67. The molecule has 0 radical (unpaired) electrons. The van der Waals surface area contributed by atoms with E-state index in [2.05, 4.69) is 10.3 Å². The fourth-order valence-corrected chi connectivity index (χ4v) is 2.88. The van der Waals surface area contributed by atoms with Crippen molar-refractivity contribution in [1.82, 2.24) is 19.3 Å². The van der Waals surface area contributed by atoms with Crippen molar-refractivity contribution in [2.75, 3.05) is 19.8 Å². The quantitative estimate of drug-likeness (QED) is 0.837. The molecular weight excluding hydrogens is 312 g/mol. The Balaban J connectivity index is 2.15. The SMILES string of the molecule is Cc1cc(Cl)ccc1-n1cc(CCS(=O)(=O)N(C)C)nn1. The lowest BCUT2D eigenvalue weighted by atomic mass is 10.2. The van der Waals surface area contributed by atoms with Gasteiger partial charge in [0.2, 0.25) is 10.0 Å². The van der Waals surface area contributed by atoms with E-state index in [9.17, 15) is 8.42 Å². The van der Waals surface area contributed by atoms with Crippen molar-refractivity contribution in [1.29, 1.82) is 0 Å². The summed E-state index contributed by atoms with van der Waals surface area (Å²) in [6, 6.07) is 5.48. The first-order valence-electron chi connectivity index (χ1n) is 6.37. The summed E-state index contributed by atoms with van der Waals surface area (Å²) in [6.07, 6.45) is 2.06. The number of nitrogens with zero attached hydrogens (tertiary/aromatic N) is 4. The minimum absolute atomic E-state index is 0.0122. The third kappa shape index (κ3) is 3.81. The van der Waals surface area contributed by atoms with Crippen LogP contribution in [0, 0.1) is 6.92 Å². The molecule has 0 aliphatic carbocycles. The predicted octanol–water partition coefficient (Wildman–Crippen LogP) is 1.66. The Kier molecular flexibility index (Phi) is 4.65. The maximum absolute atomic E-state index is 11.7. The van der Waals surface area contributed by atoms with Crippen LogP contribution in [0.1, 0.15) is 11.3 Å². The number of sulfonamides is 1. The van der Waals surface area contributed by atoms with Crippen molar-refractivity contribution < 1.29 is 8.42 Å². The topological polar surface area (TPSA) is 68.1 Å². The smallest absolute Gasteiger partial charge is 0.213 e. The van der Waals surface area contributed by atoms with E-state index in [4.69, 9.17) is 11.6 Å². The van der Waals surface area contributed by atoms with Gasteiger partial charge in [0.25, 0.3) is 0 Å². The molecule has 6 nitrogen and oxygen atoms in total. The van der Waals surface area contributed by atoms with Crippen molar-refractivity contribution in [3.8, 4) is 5.69 Å². The highest BCUT2D eigenvalue weighted by Gasteiger charge is 2.15. The van der Waals surface area contributed by atoms with Crippen LogP contribution in [0.4, 0.5) is 0 Å². The van der Waals surface area contributed by atoms with Crippen molar-refractivity contribution >= 4 is 21.6 Å². The Morgan fingerprint density at radius 2 is 2.05 bits per heavy atom. The van der Waals surface area contributed by atoms with Crippen LogP contribution >= 0.6 is 11.6 Å². The summed E-state index contributed by atoms with van der Waals surface area (Å²) in [6.45, 7) is 1.93. The molecule has 0 saturated carbocycles. The van der Waals surface area contributed by atoms with E-state index in [1.807, 2.05) is 19.1 Å². The second kappa shape index (κ2) is 6.13. The number of halogens is 1. The lowest BCUT2D eigenvalue weighted by Crippen LogP contribution is -2.26. The molecule has 1 aromatic carbocycles. The number of hydrogen-bond donors (Lipinski definition) is 0. The lowest BCUT2D eigenvalue weighted by molar-refractivity contribution is 0.520. The number of rotatable bonds is 5. The normalized spacial score (nSPS) is 12.0. The Bertz CT molecular complexity index is 740. The molecule has 1 heterocycles. The predicted molar refractivity (Wildman–Crippen MR) is 82.3 cm³/mol. The number of aryl methyl sites for hydroxylation is 2. The molecule has 0 aliphatic rings. The van der Waals surface area contributed by atoms with E-state index in [0.717, 1.165) is 11.3 Å². The minimum Gasteiger partial charge on any atom is -0.220 e. The van der Waals surface area contributed by atoms with E-state index >= 15 is 0 Å². The van der Waals surface area contributed by atoms with Gasteiger partial charge in [0.05, 0.1) is 23.3 Å². The van der Waals surface area contributed by atoms with E-state index in [0.29, 0.717) is 17.1 Å². The van der Waals surface area contributed by atoms with Gasteiger partial charge in [0, 0.05) is 25.5 Å². The van der Waals surface area contributed by atoms with Crippen LogP contribution in [-0.2, 0) is 16.4 Å². The van der Waals surface area contributed by atoms with Gasteiger partial charge >= 0.3 is 0 Å². The molecule has 1 aromatic heterocycles. The third-order valence-corrected chi connectivity index (χ3v) is 5.19. The Hall–Kier alpha value is -1.44. The van der Waals surface area contributed by atoms with E-state index < -0.39 is 10.0 Å². The molecule has 0 atom stereocenters. The van der Waals surface area contributed by atoms with E-state index in [-0.39, 0.29) is 5.75 Å². The van der Waals surface area contributed by atoms with Gasteiger partial charge in [0.1, 0.15) is 0 Å². The average molecular weight is 329 g/mol. The fraction of sp³-hybridized carbons (Fsp3) is 0.385. The standard InChI is InChI=1S/C13H17ClN4O2S/c1-10-8-11(14)4-5-13(10)18-9-12(15-16-18)6-7-21(19,20)17(2)3/h4-5,8-9H,6-7H2,1-3H3. The molecule has 21 heavy (non-hydrogen) atoms. The van der Waals surface area contributed by atoms with Gasteiger partial charge in [-0.25, -0.2) is 17.4 Å². The van der Waals surface area contributed by atoms with Gasteiger partial charge in [-0.05, 0) is 30.7 Å². The molecule has 0 amide bonds. The molecule has 8 heteroatoms. The van der Waals surface area contributed by atoms with Crippen molar-refractivity contribution in [3.63, 3.8) is 0 Å². The molecule has 2 rings (SSSR count). The summed E-state index contributed by atoms with van der Waals surface area (Å²) in [5.74, 6) is 0.0122. The van der Waals surface area contributed by atoms with Gasteiger partial charge in [-0.1, -0.05) is 16.8 Å². The van der Waals surface area contributed by atoms with Crippen LogP contribution < -0.4 is 0 Å². The zero-order valence-corrected chi connectivity index (χ0v) is 13.7. The first-order chi connectivity index (χ1) is 9.79. The number of benzene rings is 1. The van der Waals surface area contributed by atoms with Gasteiger partial charge in [-0.2, -0.15) is 0 Å². The molecule has 0 N–H and O–H groups in total. The molecule has 0 bridgehead atoms. The summed E-state index contributed by atoms with van der Waals surface area (Å²) in [5.41, 5.74) is 2.48. The monoisotopic (exact) mass is 328 g/mol. The van der Waals surface area contributed by atoms with Crippen LogP contribution in [0.15, 0.2) is 24.4 Å². The van der Waals surface area contributed by atoms with Gasteiger partial charge in [-0.15, -0.1) is 5.10 Å². The van der Waals surface area contributed by atoms with E-state index in [1.54, 1.807) is 16.9 Å². The largest absolute Gasteiger partial charge is 0.220 e. The number of hydrogen-bond acceptors (Lipinski definition) is 4. The summed E-state index contributed by atoms with van der Waals surface area (Å²) in [7, 11) is -0.192. The summed E-state index contributed by atoms with van der Waals surface area (Å²) >= 11 is 5.92. The Labute approximate surface area is 129 Å². The maximum atomic E-state index is 11.7. The molecule has 0 saturated heterocycles. The molecule has 0 spiro atoms. The maximum Gasteiger partial charge on any atom is 0.213 e. The van der Waals surface area contributed by atoms with Crippen molar-refractivity contribution in [3.05, 3.63) is 40.7 Å².